The van der Waals surface area contributed by atoms with Crippen molar-refractivity contribution in [2.75, 3.05) is 14.2 Å². The maximum Gasteiger partial charge on any atom is 0.251 e. The van der Waals surface area contributed by atoms with Crippen LogP contribution in [0.4, 0.5) is 0 Å². The molecule has 2 aliphatic heterocycles. The molecule has 1 aromatic heterocycles. The van der Waals surface area contributed by atoms with Crippen molar-refractivity contribution in [3.8, 4) is 23.0 Å². The van der Waals surface area contributed by atoms with Gasteiger partial charge in [-0.15, -0.1) is 0 Å². The Balaban J connectivity index is 1.33. The molecule has 0 aliphatic carbocycles. The number of halogens is 1. The van der Waals surface area contributed by atoms with Crippen LogP contribution in [0.15, 0.2) is 59.3 Å². The zero-order valence-electron chi connectivity index (χ0n) is 19.1. The molecule has 5 rings (SSSR count). The Hall–Kier alpha value is -3.49. The highest BCUT2D eigenvalue weighted by atomic mass is 35.5. The fraction of sp³-hybridized carbons (Fsp3) is 0.280. The molecule has 0 saturated carbocycles. The summed E-state index contributed by atoms with van der Waals surface area (Å²) in [5.41, 5.74) is 5.91. The lowest BCUT2D eigenvalue weighted by Crippen LogP contribution is -2.47. The minimum Gasteiger partial charge on any atom is -0.497 e. The SMILES string of the molecule is COc1ccc(-c2nc(CN3C=CN4NC(c5ccc(Cl)cc5)CC4C3=O)c(C)o2)c(OC)c1. The number of oxazole rings is 1. The van der Waals surface area contributed by atoms with Crippen LogP contribution in [-0.2, 0) is 11.3 Å². The molecular weight excluding hydrogens is 456 g/mol. The quantitative estimate of drug-likeness (QED) is 0.558. The molecule has 2 atom stereocenters. The monoisotopic (exact) mass is 480 g/mol. The molecule has 9 heteroatoms. The first-order valence-electron chi connectivity index (χ1n) is 10.9. The first-order chi connectivity index (χ1) is 16.5. The van der Waals surface area contributed by atoms with Gasteiger partial charge in [0.2, 0.25) is 5.89 Å². The number of aryl methyl sites for hydroxylation is 1. The van der Waals surface area contributed by atoms with Gasteiger partial charge < -0.3 is 23.8 Å². The molecule has 0 bridgehead atoms. The van der Waals surface area contributed by atoms with E-state index in [1.807, 2.05) is 54.5 Å². The number of hydrogen-bond acceptors (Lipinski definition) is 7. The minimum atomic E-state index is -0.293. The van der Waals surface area contributed by atoms with Crippen molar-refractivity contribution >= 4 is 17.5 Å². The number of aromatic nitrogens is 1. The van der Waals surface area contributed by atoms with Crippen molar-refractivity contribution in [1.82, 2.24) is 20.3 Å². The molecule has 2 unspecified atom stereocenters. The highest BCUT2D eigenvalue weighted by Gasteiger charge is 2.40. The van der Waals surface area contributed by atoms with E-state index in [2.05, 4.69) is 10.4 Å². The van der Waals surface area contributed by atoms with Crippen LogP contribution in [0.25, 0.3) is 11.5 Å². The van der Waals surface area contributed by atoms with Crippen molar-refractivity contribution in [1.29, 1.82) is 0 Å². The Morgan fingerprint density at radius 1 is 1.15 bits per heavy atom. The van der Waals surface area contributed by atoms with Crippen LogP contribution in [0, 0.1) is 6.92 Å². The van der Waals surface area contributed by atoms with Gasteiger partial charge in [-0.3, -0.25) is 4.79 Å². The molecule has 2 aliphatic rings. The van der Waals surface area contributed by atoms with Gasteiger partial charge in [0.05, 0.1) is 32.4 Å². The molecule has 1 N–H and O–H groups in total. The molecular formula is C25H25ClN4O4. The first-order valence-corrected chi connectivity index (χ1v) is 11.3. The first kappa shape index (κ1) is 22.3. The van der Waals surface area contributed by atoms with E-state index in [1.54, 1.807) is 31.4 Å². The van der Waals surface area contributed by atoms with Crippen LogP contribution in [0.5, 0.6) is 11.5 Å². The summed E-state index contributed by atoms with van der Waals surface area (Å²) >= 11 is 6.01. The summed E-state index contributed by atoms with van der Waals surface area (Å²) in [7, 11) is 3.19. The van der Waals surface area contributed by atoms with E-state index in [-0.39, 0.29) is 18.0 Å². The predicted octanol–water partition coefficient (Wildman–Crippen LogP) is 4.45. The molecule has 1 amide bonds. The van der Waals surface area contributed by atoms with Crippen molar-refractivity contribution < 1.29 is 18.7 Å². The van der Waals surface area contributed by atoms with Gasteiger partial charge in [0.25, 0.3) is 5.91 Å². The Kier molecular flexibility index (Phi) is 5.93. The highest BCUT2D eigenvalue weighted by molar-refractivity contribution is 6.30. The predicted molar refractivity (Wildman–Crippen MR) is 127 cm³/mol. The zero-order valence-corrected chi connectivity index (χ0v) is 19.9. The van der Waals surface area contributed by atoms with E-state index in [9.17, 15) is 4.79 Å². The molecule has 0 radical (unpaired) electrons. The van der Waals surface area contributed by atoms with Gasteiger partial charge in [0.1, 0.15) is 29.0 Å². The minimum absolute atomic E-state index is 0.0115. The Labute approximate surface area is 202 Å². The molecule has 34 heavy (non-hydrogen) atoms. The summed E-state index contributed by atoms with van der Waals surface area (Å²) in [6.07, 6.45) is 4.33. The Bertz CT molecular complexity index is 1240. The second-order valence-corrected chi connectivity index (χ2v) is 8.68. The fourth-order valence-electron chi connectivity index (χ4n) is 4.31. The summed E-state index contributed by atoms with van der Waals surface area (Å²) in [4.78, 5) is 19.6. The van der Waals surface area contributed by atoms with Crippen LogP contribution < -0.4 is 14.9 Å². The molecule has 1 saturated heterocycles. The van der Waals surface area contributed by atoms with E-state index >= 15 is 0 Å². The molecule has 3 aromatic rings. The number of benzene rings is 2. The van der Waals surface area contributed by atoms with E-state index in [0.717, 1.165) is 11.1 Å². The number of rotatable bonds is 6. The standard InChI is InChI=1S/C25H25ClN4O4/c1-15-21(27-24(34-15)19-9-8-18(32-2)12-23(19)33-3)14-29-10-11-30-22(25(29)31)13-20(28-30)16-4-6-17(26)7-5-16/h4-12,20,22,28H,13-14H2,1-3H3. The van der Waals surface area contributed by atoms with Crippen molar-refractivity contribution in [3.63, 3.8) is 0 Å². The maximum absolute atomic E-state index is 13.3. The Morgan fingerprint density at radius 3 is 2.68 bits per heavy atom. The van der Waals surface area contributed by atoms with Gasteiger partial charge in [-0.05, 0) is 43.2 Å². The van der Waals surface area contributed by atoms with Crippen molar-refractivity contribution in [2.45, 2.75) is 32.0 Å². The molecule has 1 fully saturated rings. The van der Waals surface area contributed by atoms with E-state index in [4.69, 9.17) is 25.5 Å². The number of methoxy groups -OCH3 is 2. The molecule has 2 aromatic carbocycles. The van der Waals surface area contributed by atoms with Gasteiger partial charge >= 0.3 is 0 Å². The topological polar surface area (TPSA) is 80.1 Å². The van der Waals surface area contributed by atoms with Gasteiger partial charge in [-0.1, -0.05) is 23.7 Å². The lowest BCUT2D eigenvalue weighted by Gasteiger charge is -2.31. The second kappa shape index (κ2) is 9.04. The summed E-state index contributed by atoms with van der Waals surface area (Å²) in [6, 6.07) is 12.9. The van der Waals surface area contributed by atoms with Gasteiger partial charge in [0.15, 0.2) is 0 Å². The fourth-order valence-corrected chi connectivity index (χ4v) is 4.43. The van der Waals surface area contributed by atoms with Crippen LogP contribution in [0.2, 0.25) is 5.02 Å². The Morgan fingerprint density at radius 2 is 1.94 bits per heavy atom. The number of ether oxygens (including phenoxy) is 2. The van der Waals surface area contributed by atoms with Crippen LogP contribution in [0.1, 0.15) is 29.5 Å². The number of carbonyl (C=O) groups excluding carboxylic acids is 1. The molecule has 8 nitrogen and oxygen atoms in total. The number of amides is 1. The summed E-state index contributed by atoms with van der Waals surface area (Å²) < 4.78 is 16.7. The normalized spacial score (nSPS) is 19.5. The number of hydrazine groups is 1. The van der Waals surface area contributed by atoms with Crippen molar-refractivity contribution in [3.05, 3.63) is 76.9 Å². The van der Waals surface area contributed by atoms with Gasteiger partial charge in [-0.25, -0.2) is 10.4 Å². The number of carbonyl (C=O) groups is 1. The average Bonchev–Trinajstić information content (AvgIpc) is 3.45. The van der Waals surface area contributed by atoms with Crippen LogP contribution in [0.3, 0.4) is 0 Å². The van der Waals surface area contributed by atoms with E-state index in [0.29, 0.717) is 46.8 Å². The number of hydrogen-bond donors (Lipinski definition) is 1. The highest BCUT2D eigenvalue weighted by Crippen LogP contribution is 2.35. The van der Waals surface area contributed by atoms with Crippen LogP contribution >= 0.6 is 11.6 Å². The maximum atomic E-state index is 13.3. The summed E-state index contributed by atoms with van der Waals surface area (Å²) in [6.45, 7) is 2.17. The third-order valence-corrected chi connectivity index (χ3v) is 6.45. The lowest BCUT2D eigenvalue weighted by atomic mass is 10.0. The second-order valence-electron chi connectivity index (χ2n) is 8.24. The smallest absolute Gasteiger partial charge is 0.251 e. The third-order valence-electron chi connectivity index (χ3n) is 6.20. The molecule has 176 valence electrons. The third kappa shape index (κ3) is 4.10. The largest absolute Gasteiger partial charge is 0.497 e. The lowest BCUT2D eigenvalue weighted by molar-refractivity contribution is -0.135. The van der Waals surface area contributed by atoms with Crippen LogP contribution in [-0.4, -0.2) is 41.1 Å². The van der Waals surface area contributed by atoms with Crippen molar-refractivity contribution in [2.24, 2.45) is 0 Å². The van der Waals surface area contributed by atoms with Gasteiger partial charge in [-0.2, -0.15) is 0 Å². The van der Waals surface area contributed by atoms with E-state index < -0.39 is 0 Å². The summed E-state index contributed by atoms with van der Waals surface area (Å²) in [5, 5.41) is 2.57. The van der Waals surface area contributed by atoms with E-state index in [1.165, 1.54) is 0 Å². The average molecular weight is 481 g/mol. The molecule has 3 heterocycles. The van der Waals surface area contributed by atoms with Gasteiger partial charge in [0, 0.05) is 23.5 Å². The number of nitrogens with one attached hydrogen (secondary N) is 1. The zero-order chi connectivity index (χ0) is 23.8. The molecule has 0 spiro atoms. The number of nitrogens with zero attached hydrogens (tertiary/aromatic N) is 3. The number of fused-ring (bicyclic) bond motifs is 1. The summed E-state index contributed by atoms with van der Waals surface area (Å²) in [5.74, 6) is 2.38.